The Morgan fingerprint density at radius 1 is 1.16 bits per heavy atom. The Kier molecular flexibility index (Phi) is 3.61. The molecule has 4 heteroatoms. The minimum atomic E-state index is 0.528. The second-order valence-electron chi connectivity index (χ2n) is 7.73. The van der Waals surface area contributed by atoms with Crippen LogP contribution in [0.4, 0.5) is 0 Å². The lowest BCUT2D eigenvalue weighted by molar-refractivity contribution is 0.146. The van der Waals surface area contributed by atoms with Crippen molar-refractivity contribution in [2.75, 3.05) is 20.8 Å². The van der Waals surface area contributed by atoms with Gasteiger partial charge in [-0.15, -0.1) is 11.3 Å². The van der Waals surface area contributed by atoms with Crippen LogP contribution in [0.15, 0.2) is 18.2 Å². The highest BCUT2D eigenvalue weighted by Gasteiger charge is 2.39. The zero-order valence-electron chi connectivity index (χ0n) is 15.2. The third-order valence-corrected chi connectivity index (χ3v) is 7.61. The Morgan fingerprint density at radius 2 is 2.00 bits per heavy atom. The summed E-state index contributed by atoms with van der Waals surface area (Å²) >= 11 is 2.09. The minimum Gasteiger partial charge on any atom is -0.493 e. The van der Waals surface area contributed by atoms with Crippen LogP contribution in [-0.4, -0.2) is 25.7 Å². The number of methoxy groups -OCH3 is 2. The van der Waals surface area contributed by atoms with Gasteiger partial charge in [-0.25, -0.2) is 0 Å². The first kappa shape index (κ1) is 15.7. The molecule has 2 atom stereocenters. The first-order valence-electron chi connectivity index (χ1n) is 9.30. The van der Waals surface area contributed by atoms with Crippen LogP contribution >= 0.6 is 11.3 Å². The zero-order chi connectivity index (χ0) is 17.1. The van der Waals surface area contributed by atoms with Crippen molar-refractivity contribution in [3.05, 3.63) is 44.6 Å². The van der Waals surface area contributed by atoms with Crippen LogP contribution in [0.5, 0.6) is 11.5 Å². The number of fused-ring (bicyclic) bond motifs is 4. The second kappa shape index (κ2) is 5.75. The van der Waals surface area contributed by atoms with E-state index in [1.54, 1.807) is 29.5 Å². The molecule has 0 amide bonds. The Morgan fingerprint density at radius 3 is 2.72 bits per heavy atom. The van der Waals surface area contributed by atoms with Crippen LogP contribution in [0.25, 0.3) is 0 Å². The van der Waals surface area contributed by atoms with Gasteiger partial charge in [-0.1, -0.05) is 13.0 Å². The normalized spacial score (nSPS) is 25.1. The molecule has 2 aromatic rings. The lowest BCUT2D eigenvalue weighted by Crippen LogP contribution is -2.40. The van der Waals surface area contributed by atoms with Gasteiger partial charge in [0.25, 0.3) is 0 Å². The maximum absolute atomic E-state index is 5.70. The van der Waals surface area contributed by atoms with Crippen LogP contribution in [0.2, 0.25) is 0 Å². The molecule has 132 valence electrons. The molecule has 1 fully saturated rings. The van der Waals surface area contributed by atoms with E-state index in [1.807, 2.05) is 0 Å². The Labute approximate surface area is 153 Å². The quantitative estimate of drug-likeness (QED) is 0.785. The maximum Gasteiger partial charge on any atom is 0.165 e. The predicted molar refractivity (Wildman–Crippen MR) is 101 cm³/mol. The highest BCUT2D eigenvalue weighted by Crippen LogP contribution is 2.51. The van der Waals surface area contributed by atoms with E-state index in [9.17, 15) is 0 Å². The van der Waals surface area contributed by atoms with E-state index in [0.29, 0.717) is 12.0 Å². The van der Waals surface area contributed by atoms with Crippen LogP contribution in [0.1, 0.15) is 64.1 Å². The van der Waals surface area contributed by atoms with Gasteiger partial charge in [0.2, 0.25) is 0 Å². The average molecular weight is 356 g/mol. The Balaban J connectivity index is 1.56. The summed E-state index contributed by atoms with van der Waals surface area (Å²) in [4.78, 5) is 5.93. The molecule has 1 aliphatic carbocycles. The number of ether oxygens (including phenoxy) is 2. The van der Waals surface area contributed by atoms with Gasteiger partial charge in [-0.05, 0) is 48.4 Å². The van der Waals surface area contributed by atoms with Gasteiger partial charge in [0, 0.05) is 40.4 Å². The van der Waals surface area contributed by atoms with Gasteiger partial charge >= 0.3 is 0 Å². The fourth-order valence-corrected chi connectivity index (χ4v) is 6.07. The van der Waals surface area contributed by atoms with E-state index >= 15 is 0 Å². The number of thiophene rings is 1. The van der Waals surface area contributed by atoms with Crippen molar-refractivity contribution >= 4 is 11.3 Å². The van der Waals surface area contributed by atoms with Crippen molar-refractivity contribution in [1.82, 2.24) is 4.90 Å². The van der Waals surface area contributed by atoms with Crippen LogP contribution in [0.3, 0.4) is 0 Å². The molecule has 2 aliphatic heterocycles. The number of rotatable bonds is 3. The molecule has 0 radical (unpaired) electrons. The maximum atomic E-state index is 5.70. The molecule has 3 aliphatic rings. The molecule has 0 spiro atoms. The topological polar surface area (TPSA) is 21.7 Å². The van der Waals surface area contributed by atoms with Gasteiger partial charge in [-0.3, -0.25) is 4.90 Å². The lowest BCUT2D eigenvalue weighted by Gasteiger charge is -2.42. The highest BCUT2D eigenvalue weighted by atomic mass is 32.1. The van der Waals surface area contributed by atoms with Crippen molar-refractivity contribution in [2.24, 2.45) is 0 Å². The van der Waals surface area contributed by atoms with Crippen molar-refractivity contribution < 1.29 is 9.47 Å². The lowest BCUT2D eigenvalue weighted by atomic mass is 9.84. The molecule has 3 heterocycles. The van der Waals surface area contributed by atoms with Gasteiger partial charge in [0.1, 0.15) is 0 Å². The molecule has 3 nitrogen and oxygen atoms in total. The molecule has 1 saturated carbocycles. The van der Waals surface area contributed by atoms with E-state index in [-0.39, 0.29) is 0 Å². The first-order chi connectivity index (χ1) is 12.2. The smallest absolute Gasteiger partial charge is 0.165 e. The number of nitrogens with zero attached hydrogens (tertiary/aromatic N) is 1. The van der Waals surface area contributed by atoms with E-state index in [0.717, 1.165) is 36.9 Å². The second-order valence-corrected chi connectivity index (χ2v) is 8.85. The number of hydrogen-bond donors (Lipinski definition) is 0. The Hall–Kier alpha value is -1.52. The fourth-order valence-electron chi connectivity index (χ4n) is 4.63. The molecule has 25 heavy (non-hydrogen) atoms. The zero-order valence-corrected chi connectivity index (χ0v) is 16.0. The molecule has 1 aromatic heterocycles. The molecular formula is C21H25NO2S. The first-order valence-corrected chi connectivity index (χ1v) is 10.1. The standard InChI is InChI=1S/C21H25NO2S/c1-12-10-22-11-16-14(6-7-18(23-2)20(16)24-3)8-17(22)15-9-19(13-4-5-13)25-21(12)15/h6-7,9,12-13,17H,4-5,8,10-11H2,1-3H3/t12?,17-/m0/s1. The van der Waals surface area contributed by atoms with E-state index in [2.05, 4.69) is 41.4 Å². The van der Waals surface area contributed by atoms with Crippen molar-refractivity contribution in [1.29, 1.82) is 0 Å². The largest absolute Gasteiger partial charge is 0.493 e. The van der Waals surface area contributed by atoms with Crippen LogP contribution < -0.4 is 9.47 Å². The molecule has 0 N–H and O–H groups in total. The van der Waals surface area contributed by atoms with Gasteiger partial charge < -0.3 is 9.47 Å². The summed E-state index contributed by atoms with van der Waals surface area (Å²) in [5.41, 5.74) is 4.33. The minimum absolute atomic E-state index is 0.528. The van der Waals surface area contributed by atoms with E-state index in [1.165, 1.54) is 24.0 Å². The van der Waals surface area contributed by atoms with E-state index < -0.39 is 0 Å². The summed E-state index contributed by atoms with van der Waals surface area (Å²) in [7, 11) is 3.47. The summed E-state index contributed by atoms with van der Waals surface area (Å²) in [6.45, 7) is 4.49. The average Bonchev–Trinajstić information content (AvgIpc) is 3.37. The van der Waals surface area contributed by atoms with Gasteiger partial charge in [-0.2, -0.15) is 0 Å². The summed E-state index contributed by atoms with van der Waals surface area (Å²) in [6, 6.07) is 7.36. The molecule has 1 unspecified atom stereocenters. The van der Waals surface area contributed by atoms with Crippen LogP contribution in [0, 0.1) is 0 Å². The third-order valence-electron chi connectivity index (χ3n) is 6.07. The monoisotopic (exact) mass is 355 g/mol. The predicted octanol–water partition coefficient (Wildman–Crippen LogP) is 4.86. The molecular weight excluding hydrogens is 330 g/mol. The SMILES string of the molecule is COc1ccc2c(c1OC)CN1CC(C)c3sc(C4CC4)cc3[C@@H]1C2. The molecule has 5 rings (SSSR count). The fraction of sp³-hybridized carbons (Fsp3) is 0.524. The third kappa shape index (κ3) is 2.42. The summed E-state index contributed by atoms with van der Waals surface area (Å²) in [5, 5.41) is 0. The van der Waals surface area contributed by atoms with Crippen molar-refractivity contribution in [3.63, 3.8) is 0 Å². The highest BCUT2D eigenvalue weighted by molar-refractivity contribution is 7.12. The summed E-state index contributed by atoms with van der Waals surface area (Å²) < 4.78 is 11.2. The van der Waals surface area contributed by atoms with E-state index in [4.69, 9.17) is 9.47 Å². The van der Waals surface area contributed by atoms with Gasteiger partial charge in [0.15, 0.2) is 11.5 Å². The van der Waals surface area contributed by atoms with Crippen LogP contribution in [-0.2, 0) is 13.0 Å². The molecule has 0 saturated heterocycles. The summed E-state index contributed by atoms with van der Waals surface area (Å²) in [5.74, 6) is 3.25. The number of benzene rings is 1. The summed E-state index contributed by atoms with van der Waals surface area (Å²) in [6.07, 6.45) is 3.86. The van der Waals surface area contributed by atoms with Crippen molar-refractivity contribution in [2.45, 2.75) is 50.6 Å². The number of hydrogen-bond acceptors (Lipinski definition) is 4. The van der Waals surface area contributed by atoms with Crippen molar-refractivity contribution in [3.8, 4) is 11.5 Å². The Bertz CT molecular complexity index is 824. The van der Waals surface area contributed by atoms with Gasteiger partial charge in [0.05, 0.1) is 14.2 Å². The molecule has 1 aromatic carbocycles. The molecule has 0 bridgehead atoms.